The Morgan fingerprint density at radius 2 is 1.32 bits per heavy atom. The van der Waals surface area contributed by atoms with Crippen LogP contribution in [0.1, 0.15) is 83.5 Å². The van der Waals surface area contributed by atoms with E-state index < -0.39 is 0 Å². The highest BCUT2D eigenvalue weighted by Crippen LogP contribution is 2.48. The molecule has 0 saturated carbocycles. The van der Waals surface area contributed by atoms with E-state index in [0.717, 1.165) is 18.3 Å². The zero-order chi connectivity index (χ0) is 13.3. The van der Waals surface area contributed by atoms with Gasteiger partial charge in [-0.25, -0.2) is 0 Å². The predicted molar refractivity (Wildman–Crippen MR) is 88.3 cm³/mol. The summed E-state index contributed by atoms with van der Waals surface area (Å²) in [7, 11) is 0. The molecule has 2 aliphatic rings. The summed E-state index contributed by atoms with van der Waals surface area (Å²) in [5.74, 6) is 2.25. The Balaban J connectivity index is 1.52. The third-order valence-electron chi connectivity index (χ3n) is 5.71. The van der Waals surface area contributed by atoms with Gasteiger partial charge >= 0.3 is 0 Å². The molecule has 0 unspecified atom stereocenters. The van der Waals surface area contributed by atoms with Crippen LogP contribution in [-0.4, -0.2) is 6.71 Å². The van der Waals surface area contributed by atoms with E-state index in [1.54, 1.807) is 32.0 Å². The van der Waals surface area contributed by atoms with Gasteiger partial charge in [0.15, 0.2) is 0 Å². The van der Waals surface area contributed by atoms with E-state index in [2.05, 4.69) is 12.7 Å². The average Bonchev–Trinajstić information content (AvgIpc) is 2.41. The maximum absolute atomic E-state index is 3.79. The van der Waals surface area contributed by atoms with E-state index in [1.807, 2.05) is 0 Å². The fourth-order valence-electron chi connectivity index (χ4n) is 4.66. The number of fused-ring (bicyclic) bond motifs is 2. The summed E-state index contributed by atoms with van der Waals surface area (Å²) in [6.07, 6.45) is 22.8. The van der Waals surface area contributed by atoms with Crippen LogP contribution in [0.25, 0.3) is 0 Å². The van der Waals surface area contributed by atoms with Crippen molar-refractivity contribution in [2.45, 2.75) is 101 Å². The molecule has 0 N–H and O–H groups in total. The maximum Gasteiger partial charge on any atom is 0.146 e. The molecular weight excluding hydrogens is 227 g/mol. The predicted octanol–water partition coefficient (Wildman–Crippen LogP) is 6.51. The minimum atomic E-state index is 1.13. The van der Waals surface area contributed by atoms with Crippen LogP contribution in [0.15, 0.2) is 12.7 Å². The molecule has 2 rings (SSSR count). The molecule has 0 aromatic carbocycles. The second-order valence-corrected chi connectivity index (χ2v) is 7.03. The monoisotopic (exact) mass is 260 g/mol. The van der Waals surface area contributed by atoms with Crippen LogP contribution >= 0.6 is 0 Å². The summed E-state index contributed by atoms with van der Waals surface area (Å²) in [5.41, 5.74) is 0. The van der Waals surface area contributed by atoms with Gasteiger partial charge in [-0.05, 0) is 12.8 Å². The molecule has 0 atom stereocenters. The molecule has 0 nitrogen and oxygen atoms in total. The van der Waals surface area contributed by atoms with E-state index in [9.17, 15) is 0 Å². The smallest absolute Gasteiger partial charge is 0.103 e. The van der Waals surface area contributed by atoms with Gasteiger partial charge in [0.05, 0.1) is 0 Å². The highest BCUT2D eigenvalue weighted by atomic mass is 14.2. The number of hydrogen-bond donors (Lipinski definition) is 0. The van der Waals surface area contributed by atoms with E-state index >= 15 is 0 Å². The third kappa shape index (κ3) is 5.01. The molecule has 1 heteroatoms. The van der Waals surface area contributed by atoms with Gasteiger partial charge in [0.1, 0.15) is 6.71 Å². The lowest BCUT2D eigenvalue weighted by Crippen LogP contribution is -2.34. The maximum atomic E-state index is 3.79. The molecule has 2 bridgehead atoms. The number of allylic oxidation sites excluding steroid dienone is 1. The molecule has 2 saturated heterocycles. The molecule has 108 valence electrons. The number of hydrogen-bond acceptors (Lipinski definition) is 0. The first-order valence-corrected chi connectivity index (χ1v) is 9.02. The van der Waals surface area contributed by atoms with Crippen LogP contribution in [-0.2, 0) is 0 Å². The molecular formula is C18H33B. The first kappa shape index (κ1) is 15.2. The van der Waals surface area contributed by atoms with Crippen molar-refractivity contribution in [3.05, 3.63) is 12.7 Å². The van der Waals surface area contributed by atoms with Crippen molar-refractivity contribution in [1.29, 1.82) is 0 Å². The molecule has 0 aromatic rings. The van der Waals surface area contributed by atoms with Gasteiger partial charge in [-0.2, -0.15) is 0 Å². The van der Waals surface area contributed by atoms with Crippen LogP contribution in [0, 0.1) is 0 Å². The summed E-state index contributed by atoms with van der Waals surface area (Å²) in [5, 5.41) is 0. The standard InChI is InChI=1S/C18H33B/c1-2-3-4-5-6-7-8-9-16-19-17-12-10-13-18(19)15-11-14-17/h2,17-18H,1,3-16H2. The SMILES string of the molecule is C=CCCCCCCCCB1C2CCCC1CCC2. The first-order chi connectivity index (χ1) is 9.42. The summed E-state index contributed by atoms with van der Waals surface area (Å²) in [4.78, 5) is 0. The summed E-state index contributed by atoms with van der Waals surface area (Å²) in [6, 6.07) is 0. The molecule has 0 amide bonds. The van der Waals surface area contributed by atoms with E-state index in [-0.39, 0.29) is 0 Å². The highest BCUT2D eigenvalue weighted by molar-refractivity contribution is 6.62. The van der Waals surface area contributed by atoms with Gasteiger partial charge in [-0.15, -0.1) is 6.58 Å². The molecule has 0 aliphatic carbocycles. The Hall–Kier alpha value is -0.195. The van der Waals surface area contributed by atoms with Crippen LogP contribution in [0.3, 0.4) is 0 Å². The van der Waals surface area contributed by atoms with Crippen molar-refractivity contribution in [3.63, 3.8) is 0 Å². The Morgan fingerprint density at radius 1 is 0.789 bits per heavy atom. The van der Waals surface area contributed by atoms with Crippen LogP contribution < -0.4 is 0 Å². The summed E-state index contributed by atoms with van der Waals surface area (Å²) >= 11 is 0. The fraction of sp³-hybridized carbons (Fsp3) is 0.889. The van der Waals surface area contributed by atoms with E-state index in [0.29, 0.717) is 0 Å². The summed E-state index contributed by atoms with van der Waals surface area (Å²) < 4.78 is 0. The molecule has 19 heavy (non-hydrogen) atoms. The van der Waals surface area contributed by atoms with E-state index in [4.69, 9.17) is 0 Å². The van der Waals surface area contributed by atoms with Crippen molar-refractivity contribution in [2.24, 2.45) is 0 Å². The zero-order valence-corrected chi connectivity index (χ0v) is 12.9. The minimum Gasteiger partial charge on any atom is -0.103 e. The third-order valence-corrected chi connectivity index (χ3v) is 5.71. The van der Waals surface area contributed by atoms with Gasteiger partial charge in [-0.1, -0.05) is 94.7 Å². The second kappa shape index (κ2) is 8.87. The van der Waals surface area contributed by atoms with Gasteiger partial charge in [0, 0.05) is 0 Å². The molecule has 0 radical (unpaired) electrons. The number of unbranched alkanes of at least 4 members (excludes halogenated alkanes) is 6. The molecule has 2 fully saturated rings. The Bertz CT molecular complexity index is 226. The lowest BCUT2D eigenvalue weighted by molar-refractivity contribution is 0.439. The minimum absolute atomic E-state index is 1.13. The molecule has 2 aliphatic heterocycles. The lowest BCUT2D eigenvalue weighted by atomic mass is 9.26. The van der Waals surface area contributed by atoms with Crippen molar-refractivity contribution < 1.29 is 0 Å². The van der Waals surface area contributed by atoms with Crippen molar-refractivity contribution >= 4 is 6.71 Å². The molecule has 0 aromatic heterocycles. The fourth-order valence-corrected chi connectivity index (χ4v) is 4.66. The molecule has 0 spiro atoms. The summed E-state index contributed by atoms with van der Waals surface area (Å²) in [6.45, 7) is 4.92. The zero-order valence-electron chi connectivity index (χ0n) is 12.9. The van der Waals surface area contributed by atoms with Gasteiger partial charge in [-0.3, -0.25) is 0 Å². The molecule has 2 heterocycles. The lowest BCUT2D eigenvalue weighted by Gasteiger charge is -2.40. The average molecular weight is 260 g/mol. The van der Waals surface area contributed by atoms with Crippen molar-refractivity contribution in [2.75, 3.05) is 0 Å². The topological polar surface area (TPSA) is 0 Å². The Kier molecular flexibility index (Phi) is 7.10. The van der Waals surface area contributed by atoms with Crippen LogP contribution in [0.4, 0.5) is 0 Å². The number of rotatable bonds is 9. The Labute approximate surface area is 121 Å². The van der Waals surface area contributed by atoms with Gasteiger partial charge in [0.2, 0.25) is 0 Å². The van der Waals surface area contributed by atoms with Crippen LogP contribution in [0.5, 0.6) is 0 Å². The van der Waals surface area contributed by atoms with Crippen molar-refractivity contribution in [3.8, 4) is 0 Å². The highest BCUT2D eigenvalue weighted by Gasteiger charge is 2.37. The Morgan fingerprint density at radius 3 is 1.89 bits per heavy atom. The quantitative estimate of drug-likeness (QED) is 0.252. The normalized spacial score (nSPS) is 26.4. The van der Waals surface area contributed by atoms with Gasteiger partial charge in [0.25, 0.3) is 0 Å². The van der Waals surface area contributed by atoms with Crippen LogP contribution in [0.2, 0.25) is 18.0 Å². The second-order valence-electron chi connectivity index (χ2n) is 7.03. The van der Waals surface area contributed by atoms with Gasteiger partial charge < -0.3 is 0 Å². The van der Waals surface area contributed by atoms with E-state index in [1.165, 1.54) is 57.8 Å². The largest absolute Gasteiger partial charge is 0.146 e. The van der Waals surface area contributed by atoms with Crippen molar-refractivity contribution in [1.82, 2.24) is 0 Å². The first-order valence-electron chi connectivity index (χ1n) is 9.02.